The number of nitrogens with zero attached hydrogens (tertiary/aromatic N) is 2. The first kappa shape index (κ1) is 21.2. The maximum absolute atomic E-state index is 4.36. The number of piperidine rings is 1. The maximum atomic E-state index is 4.36. The molecule has 5 heteroatoms. The molecular weight excluding hydrogens is 411 g/mol. The van der Waals surface area contributed by atoms with Crippen LogP contribution in [0.25, 0.3) is 0 Å². The van der Waals surface area contributed by atoms with Gasteiger partial charge in [-0.25, -0.2) is 0 Å². The Balaban J connectivity index is 0.00000288. The summed E-state index contributed by atoms with van der Waals surface area (Å²) in [6, 6.07) is 11.9. The van der Waals surface area contributed by atoms with Gasteiger partial charge >= 0.3 is 0 Å². The molecule has 4 nitrogen and oxygen atoms in total. The lowest BCUT2D eigenvalue weighted by atomic mass is 10.0. The molecule has 0 unspecified atom stereocenters. The monoisotopic (exact) mass is 444 g/mol. The fraction of sp³-hybridized carbons (Fsp3) is 0.632. The van der Waals surface area contributed by atoms with E-state index in [9.17, 15) is 0 Å². The summed E-state index contributed by atoms with van der Waals surface area (Å²) in [6.45, 7) is 7.88. The van der Waals surface area contributed by atoms with E-state index < -0.39 is 0 Å². The van der Waals surface area contributed by atoms with Crippen molar-refractivity contribution in [2.75, 3.05) is 26.7 Å². The number of aryl methyl sites for hydroxylation is 1. The van der Waals surface area contributed by atoms with Crippen LogP contribution in [-0.2, 0) is 6.42 Å². The van der Waals surface area contributed by atoms with Gasteiger partial charge in [0.2, 0.25) is 0 Å². The maximum Gasteiger partial charge on any atom is 0.191 e. The summed E-state index contributed by atoms with van der Waals surface area (Å²) >= 11 is 0. The SMILES string of the molecule is CN=C(NCCCc1ccccc1)NC1CCN(C(C)C)CC1.I. The first-order valence-corrected chi connectivity index (χ1v) is 8.94. The fourth-order valence-electron chi connectivity index (χ4n) is 3.09. The Labute approximate surface area is 164 Å². The molecule has 24 heavy (non-hydrogen) atoms. The number of likely N-dealkylation sites (tertiary alicyclic amines) is 1. The quantitative estimate of drug-likeness (QED) is 0.306. The first-order chi connectivity index (χ1) is 11.2. The highest BCUT2D eigenvalue weighted by atomic mass is 127. The van der Waals surface area contributed by atoms with Gasteiger partial charge in [0.05, 0.1) is 0 Å². The summed E-state index contributed by atoms with van der Waals surface area (Å²) < 4.78 is 0. The minimum Gasteiger partial charge on any atom is -0.356 e. The standard InChI is InChI=1S/C19H32N4.HI/c1-16(2)23-14-11-18(12-15-23)22-19(20-3)21-13-7-10-17-8-5-4-6-9-17;/h4-6,8-9,16,18H,7,10-15H2,1-3H3,(H2,20,21,22);1H. The van der Waals surface area contributed by atoms with Crippen molar-refractivity contribution >= 4 is 29.9 Å². The van der Waals surface area contributed by atoms with Crippen molar-refractivity contribution in [3.05, 3.63) is 35.9 Å². The number of halogens is 1. The summed E-state index contributed by atoms with van der Waals surface area (Å²) in [4.78, 5) is 6.91. The molecule has 1 saturated heterocycles. The third kappa shape index (κ3) is 7.38. The van der Waals surface area contributed by atoms with Gasteiger partial charge in [0, 0.05) is 38.8 Å². The molecular formula is C19H33IN4. The molecule has 0 bridgehead atoms. The van der Waals surface area contributed by atoms with Gasteiger partial charge in [0.15, 0.2) is 5.96 Å². The second-order valence-electron chi connectivity index (χ2n) is 6.64. The zero-order valence-corrected chi connectivity index (χ0v) is 17.6. The van der Waals surface area contributed by atoms with Crippen molar-refractivity contribution in [1.29, 1.82) is 0 Å². The van der Waals surface area contributed by atoms with Crippen LogP contribution in [0.2, 0.25) is 0 Å². The molecule has 0 atom stereocenters. The second-order valence-corrected chi connectivity index (χ2v) is 6.64. The zero-order valence-electron chi connectivity index (χ0n) is 15.3. The summed E-state index contributed by atoms with van der Waals surface area (Å²) in [5, 5.41) is 7.02. The van der Waals surface area contributed by atoms with E-state index in [-0.39, 0.29) is 24.0 Å². The number of guanidine groups is 1. The molecule has 1 aromatic rings. The Kier molecular flexibility index (Phi) is 10.3. The molecule has 2 N–H and O–H groups in total. The van der Waals surface area contributed by atoms with Crippen LogP contribution >= 0.6 is 24.0 Å². The van der Waals surface area contributed by atoms with E-state index >= 15 is 0 Å². The normalized spacial score (nSPS) is 16.8. The van der Waals surface area contributed by atoms with Gasteiger partial charge in [0.25, 0.3) is 0 Å². The number of hydrogen-bond donors (Lipinski definition) is 2. The summed E-state index contributed by atoms with van der Waals surface area (Å²) in [6.07, 6.45) is 4.62. The molecule has 0 aliphatic carbocycles. The average molecular weight is 444 g/mol. The number of aliphatic imine (C=N–C) groups is 1. The summed E-state index contributed by atoms with van der Waals surface area (Å²) in [5.41, 5.74) is 1.40. The van der Waals surface area contributed by atoms with E-state index in [1.807, 2.05) is 7.05 Å². The molecule has 1 heterocycles. The van der Waals surface area contributed by atoms with Crippen molar-refractivity contribution in [2.45, 2.75) is 51.6 Å². The van der Waals surface area contributed by atoms with Crippen LogP contribution < -0.4 is 10.6 Å². The Bertz CT molecular complexity index is 468. The lowest BCUT2D eigenvalue weighted by Gasteiger charge is -2.35. The van der Waals surface area contributed by atoms with Gasteiger partial charge in [-0.2, -0.15) is 0 Å². The lowest BCUT2D eigenvalue weighted by molar-refractivity contribution is 0.167. The molecule has 0 saturated carbocycles. The Hall–Kier alpha value is -0.820. The van der Waals surface area contributed by atoms with Crippen molar-refractivity contribution < 1.29 is 0 Å². The van der Waals surface area contributed by atoms with Crippen LogP contribution in [0.4, 0.5) is 0 Å². The van der Waals surface area contributed by atoms with Gasteiger partial charge in [-0.1, -0.05) is 30.3 Å². The predicted octanol–water partition coefficient (Wildman–Crippen LogP) is 3.28. The minimum absolute atomic E-state index is 0. The molecule has 1 aliphatic rings. The van der Waals surface area contributed by atoms with Gasteiger partial charge in [-0.3, -0.25) is 4.99 Å². The van der Waals surface area contributed by atoms with Crippen molar-refractivity contribution in [1.82, 2.24) is 15.5 Å². The van der Waals surface area contributed by atoms with Crippen LogP contribution in [-0.4, -0.2) is 49.6 Å². The molecule has 1 aromatic carbocycles. The van der Waals surface area contributed by atoms with E-state index in [1.54, 1.807) is 0 Å². The number of hydrogen-bond acceptors (Lipinski definition) is 2. The molecule has 0 aromatic heterocycles. The van der Waals surface area contributed by atoms with Crippen molar-refractivity contribution in [3.8, 4) is 0 Å². The van der Waals surface area contributed by atoms with Gasteiger partial charge in [-0.15, -0.1) is 24.0 Å². The van der Waals surface area contributed by atoms with E-state index in [0.29, 0.717) is 12.1 Å². The zero-order chi connectivity index (χ0) is 16.5. The summed E-state index contributed by atoms with van der Waals surface area (Å²) in [5.74, 6) is 0.945. The molecule has 2 rings (SSSR count). The highest BCUT2D eigenvalue weighted by Crippen LogP contribution is 2.12. The summed E-state index contributed by atoms with van der Waals surface area (Å²) in [7, 11) is 1.86. The van der Waals surface area contributed by atoms with Gasteiger partial charge in [0.1, 0.15) is 0 Å². The smallest absolute Gasteiger partial charge is 0.191 e. The van der Waals surface area contributed by atoms with Crippen LogP contribution in [0.15, 0.2) is 35.3 Å². The van der Waals surface area contributed by atoms with Crippen LogP contribution in [0.3, 0.4) is 0 Å². The number of nitrogens with one attached hydrogen (secondary N) is 2. The average Bonchev–Trinajstić information content (AvgIpc) is 2.59. The topological polar surface area (TPSA) is 39.7 Å². The molecule has 136 valence electrons. The number of rotatable bonds is 6. The van der Waals surface area contributed by atoms with Crippen molar-refractivity contribution in [3.63, 3.8) is 0 Å². The second kappa shape index (κ2) is 11.7. The molecule has 1 aliphatic heterocycles. The predicted molar refractivity (Wildman–Crippen MR) is 114 cm³/mol. The van der Waals surface area contributed by atoms with E-state index in [1.165, 1.54) is 31.5 Å². The number of benzene rings is 1. The van der Waals surface area contributed by atoms with Crippen LogP contribution in [0.1, 0.15) is 38.7 Å². The fourth-order valence-corrected chi connectivity index (χ4v) is 3.09. The lowest BCUT2D eigenvalue weighted by Crippen LogP contribution is -2.50. The molecule has 0 spiro atoms. The molecule has 0 radical (unpaired) electrons. The van der Waals surface area contributed by atoms with Gasteiger partial charge < -0.3 is 15.5 Å². The van der Waals surface area contributed by atoms with Crippen molar-refractivity contribution in [2.24, 2.45) is 4.99 Å². The third-order valence-corrected chi connectivity index (χ3v) is 4.60. The Morgan fingerprint density at radius 1 is 1.21 bits per heavy atom. The van der Waals surface area contributed by atoms with Crippen LogP contribution in [0.5, 0.6) is 0 Å². The highest BCUT2D eigenvalue weighted by molar-refractivity contribution is 14.0. The van der Waals surface area contributed by atoms with Gasteiger partial charge in [-0.05, 0) is 45.1 Å². The molecule has 1 fully saturated rings. The first-order valence-electron chi connectivity index (χ1n) is 8.94. The largest absolute Gasteiger partial charge is 0.356 e. The van der Waals surface area contributed by atoms with E-state index in [0.717, 1.165) is 25.3 Å². The Morgan fingerprint density at radius 3 is 2.46 bits per heavy atom. The highest BCUT2D eigenvalue weighted by Gasteiger charge is 2.21. The third-order valence-electron chi connectivity index (χ3n) is 4.60. The van der Waals surface area contributed by atoms with E-state index in [2.05, 4.69) is 64.7 Å². The minimum atomic E-state index is 0. The Morgan fingerprint density at radius 2 is 1.88 bits per heavy atom. The van der Waals surface area contributed by atoms with E-state index in [4.69, 9.17) is 0 Å². The molecule has 0 amide bonds. The van der Waals surface area contributed by atoms with Crippen LogP contribution in [0, 0.1) is 0 Å².